The number of carbonyl (C=O) groups excluding carboxylic acids is 1. The highest BCUT2D eigenvalue weighted by atomic mass is 16.3. The summed E-state index contributed by atoms with van der Waals surface area (Å²) >= 11 is 0. The summed E-state index contributed by atoms with van der Waals surface area (Å²) in [6.07, 6.45) is 4.59. The third-order valence-corrected chi connectivity index (χ3v) is 5.21. The lowest BCUT2D eigenvalue weighted by Crippen LogP contribution is -2.49. The second-order valence-electron chi connectivity index (χ2n) is 6.60. The molecule has 4 nitrogen and oxygen atoms in total. The Morgan fingerprint density at radius 2 is 2.10 bits per heavy atom. The van der Waals surface area contributed by atoms with Gasteiger partial charge in [-0.1, -0.05) is 12.5 Å². The van der Waals surface area contributed by atoms with E-state index < -0.39 is 0 Å². The van der Waals surface area contributed by atoms with Gasteiger partial charge in [0.25, 0.3) is 5.91 Å². The van der Waals surface area contributed by atoms with Crippen molar-refractivity contribution in [1.82, 2.24) is 4.90 Å². The molecule has 3 rings (SSSR count). The monoisotopic (exact) mass is 289 g/mol. The third kappa shape index (κ3) is 2.53. The quantitative estimate of drug-likeness (QED) is 0.835. The topological polar surface area (TPSA) is 60.8 Å². The number of phenols is 1. The number of phenolic OH excluding ortho intramolecular Hbond substituents is 1. The summed E-state index contributed by atoms with van der Waals surface area (Å²) < 4.78 is 0. The maximum absolute atomic E-state index is 12.8. The van der Waals surface area contributed by atoms with Crippen molar-refractivity contribution in [2.75, 3.05) is 13.1 Å². The molecule has 1 aromatic rings. The number of carbonyl (C=O) groups is 1. The van der Waals surface area contributed by atoms with Crippen LogP contribution in [0.5, 0.6) is 5.75 Å². The highest BCUT2D eigenvalue weighted by molar-refractivity contribution is 5.96. The molecule has 0 bridgehead atoms. The van der Waals surface area contributed by atoms with E-state index in [0.29, 0.717) is 12.1 Å². The number of piperidine rings is 1. The van der Waals surface area contributed by atoms with E-state index in [1.165, 1.54) is 0 Å². The summed E-state index contributed by atoms with van der Waals surface area (Å²) in [7, 11) is 0. The van der Waals surface area contributed by atoms with E-state index in [1.54, 1.807) is 18.2 Å². The molecule has 21 heavy (non-hydrogen) atoms. The molecule has 1 heterocycles. The number of aliphatic hydroxyl groups is 1. The van der Waals surface area contributed by atoms with Gasteiger partial charge in [0.05, 0.1) is 6.10 Å². The molecular weight excluding hydrogens is 266 g/mol. The van der Waals surface area contributed by atoms with E-state index in [1.807, 2.05) is 11.8 Å². The molecule has 1 amide bonds. The van der Waals surface area contributed by atoms with E-state index >= 15 is 0 Å². The number of hydrogen-bond acceptors (Lipinski definition) is 3. The summed E-state index contributed by atoms with van der Waals surface area (Å²) in [6, 6.07) is 4.92. The molecule has 2 N–H and O–H groups in total. The predicted molar refractivity (Wildman–Crippen MR) is 80.3 cm³/mol. The lowest BCUT2D eigenvalue weighted by atomic mass is 9.76. The highest BCUT2D eigenvalue weighted by Gasteiger charge is 2.45. The Hall–Kier alpha value is -1.55. The van der Waals surface area contributed by atoms with Gasteiger partial charge in [0.1, 0.15) is 5.75 Å². The van der Waals surface area contributed by atoms with Gasteiger partial charge in [-0.2, -0.15) is 0 Å². The Bertz CT molecular complexity index is 557. The number of hydrogen-bond donors (Lipinski definition) is 2. The Morgan fingerprint density at radius 3 is 2.81 bits per heavy atom. The van der Waals surface area contributed by atoms with Crippen LogP contribution in [0.4, 0.5) is 0 Å². The van der Waals surface area contributed by atoms with Crippen molar-refractivity contribution in [2.45, 2.75) is 45.1 Å². The molecule has 2 aliphatic rings. The van der Waals surface area contributed by atoms with Gasteiger partial charge >= 0.3 is 0 Å². The van der Waals surface area contributed by atoms with Crippen LogP contribution in [0.2, 0.25) is 0 Å². The second kappa shape index (κ2) is 5.34. The Kier molecular flexibility index (Phi) is 3.66. The molecule has 1 spiro atoms. The lowest BCUT2D eigenvalue weighted by molar-refractivity contribution is -0.00539. The molecule has 1 aliphatic carbocycles. The first kappa shape index (κ1) is 14.4. The van der Waals surface area contributed by atoms with E-state index in [-0.39, 0.29) is 23.2 Å². The molecule has 4 heteroatoms. The lowest BCUT2D eigenvalue weighted by Gasteiger charge is -2.42. The fraction of sp³-hybridized carbons (Fsp3) is 0.588. The first-order valence-electron chi connectivity index (χ1n) is 7.79. The standard InChI is InChI=1S/C17H23NO3/c1-12-5-6-13(19)10-14(12)16(21)18-9-3-8-17(11-18)7-2-4-15(17)20/h5-6,10,15,19-20H,2-4,7-9,11H2,1H3/t15-,17+/m1/s1. The number of amides is 1. The number of aryl methyl sites for hydroxylation is 1. The van der Waals surface area contributed by atoms with Gasteiger partial charge in [0, 0.05) is 24.1 Å². The predicted octanol–water partition coefficient (Wildman–Crippen LogP) is 2.47. The molecule has 2 fully saturated rings. The summed E-state index contributed by atoms with van der Waals surface area (Å²) in [6.45, 7) is 3.27. The minimum Gasteiger partial charge on any atom is -0.508 e. The van der Waals surface area contributed by atoms with E-state index in [9.17, 15) is 15.0 Å². The summed E-state index contributed by atoms with van der Waals surface area (Å²) in [5.41, 5.74) is 1.35. The van der Waals surface area contributed by atoms with Crippen molar-refractivity contribution < 1.29 is 15.0 Å². The van der Waals surface area contributed by atoms with Crippen LogP contribution in [0, 0.1) is 12.3 Å². The Morgan fingerprint density at radius 1 is 1.33 bits per heavy atom. The first-order valence-corrected chi connectivity index (χ1v) is 7.79. The number of rotatable bonds is 1. The third-order valence-electron chi connectivity index (χ3n) is 5.21. The van der Waals surface area contributed by atoms with Crippen LogP contribution in [-0.4, -0.2) is 40.2 Å². The second-order valence-corrected chi connectivity index (χ2v) is 6.60. The van der Waals surface area contributed by atoms with Crippen LogP contribution >= 0.6 is 0 Å². The van der Waals surface area contributed by atoms with Gasteiger partial charge < -0.3 is 15.1 Å². The zero-order valence-electron chi connectivity index (χ0n) is 12.5. The maximum atomic E-state index is 12.8. The maximum Gasteiger partial charge on any atom is 0.254 e. The summed E-state index contributed by atoms with van der Waals surface area (Å²) in [5.74, 6) is 0.0955. The van der Waals surface area contributed by atoms with Crippen molar-refractivity contribution >= 4 is 5.91 Å². The number of likely N-dealkylation sites (tertiary alicyclic amines) is 1. The number of benzene rings is 1. The zero-order valence-corrected chi connectivity index (χ0v) is 12.5. The van der Waals surface area contributed by atoms with Gasteiger partial charge in [-0.25, -0.2) is 0 Å². The van der Waals surface area contributed by atoms with Gasteiger partial charge in [0.15, 0.2) is 0 Å². The van der Waals surface area contributed by atoms with Crippen LogP contribution in [-0.2, 0) is 0 Å². The summed E-state index contributed by atoms with van der Waals surface area (Å²) in [4.78, 5) is 14.6. The minimum atomic E-state index is -0.279. The molecule has 1 aromatic carbocycles. The average Bonchev–Trinajstić information content (AvgIpc) is 2.81. The fourth-order valence-corrected chi connectivity index (χ4v) is 3.94. The molecule has 0 unspecified atom stereocenters. The molecule has 2 atom stereocenters. The van der Waals surface area contributed by atoms with Crippen LogP contribution < -0.4 is 0 Å². The molecule has 1 saturated carbocycles. The van der Waals surface area contributed by atoms with Gasteiger partial charge in [-0.15, -0.1) is 0 Å². The number of aliphatic hydroxyl groups excluding tert-OH is 1. The normalized spacial score (nSPS) is 29.0. The smallest absolute Gasteiger partial charge is 0.254 e. The minimum absolute atomic E-state index is 0.0263. The van der Waals surface area contributed by atoms with Crippen LogP contribution in [0.3, 0.4) is 0 Å². The van der Waals surface area contributed by atoms with Crippen LogP contribution in [0.1, 0.15) is 48.0 Å². The molecule has 114 valence electrons. The van der Waals surface area contributed by atoms with Gasteiger partial charge in [0.2, 0.25) is 0 Å². The average molecular weight is 289 g/mol. The van der Waals surface area contributed by atoms with Crippen molar-refractivity contribution in [3.63, 3.8) is 0 Å². The van der Waals surface area contributed by atoms with E-state index in [0.717, 1.165) is 44.2 Å². The molecular formula is C17H23NO3. The molecule has 0 aromatic heterocycles. The van der Waals surface area contributed by atoms with E-state index in [2.05, 4.69) is 0 Å². The van der Waals surface area contributed by atoms with Gasteiger partial charge in [-0.05, 0) is 50.3 Å². The summed E-state index contributed by atoms with van der Waals surface area (Å²) in [5, 5.41) is 19.9. The molecule has 0 radical (unpaired) electrons. The van der Waals surface area contributed by atoms with Crippen LogP contribution in [0.25, 0.3) is 0 Å². The van der Waals surface area contributed by atoms with Crippen molar-refractivity contribution in [3.05, 3.63) is 29.3 Å². The van der Waals surface area contributed by atoms with Crippen molar-refractivity contribution in [3.8, 4) is 5.75 Å². The Labute approximate surface area is 125 Å². The van der Waals surface area contributed by atoms with Crippen molar-refractivity contribution in [1.29, 1.82) is 0 Å². The largest absolute Gasteiger partial charge is 0.508 e. The number of aromatic hydroxyl groups is 1. The molecule has 1 aliphatic heterocycles. The SMILES string of the molecule is Cc1ccc(O)cc1C(=O)N1CCC[C@@]2(CCC[C@H]2O)C1. The van der Waals surface area contributed by atoms with Crippen LogP contribution in [0.15, 0.2) is 18.2 Å². The first-order chi connectivity index (χ1) is 10.0. The molecule has 1 saturated heterocycles. The van der Waals surface area contributed by atoms with Crippen molar-refractivity contribution in [2.24, 2.45) is 5.41 Å². The van der Waals surface area contributed by atoms with E-state index in [4.69, 9.17) is 0 Å². The zero-order chi connectivity index (χ0) is 15.0. The fourth-order valence-electron chi connectivity index (χ4n) is 3.94. The number of nitrogens with zero attached hydrogens (tertiary/aromatic N) is 1. The van der Waals surface area contributed by atoms with Gasteiger partial charge in [-0.3, -0.25) is 4.79 Å². The highest BCUT2D eigenvalue weighted by Crippen LogP contribution is 2.45. The Balaban J connectivity index is 1.83.